The van der Waals surface area contributed by atoms with Crippen LogP contribution in [0.4, 0.5) is 33.2 Å². The van der Waals surface area contributed by atoms with Gasteiger partial charge in [0.25, 0.3) is 0 Å². The predicted molar refractivity (Wildman–Crippen MR) is 117 cm³/mol. The summed E-state index contributed by atoms with van der Waals surface area (Å²) in [4.78, 5) is 20.4. The Bertz CT molecular complexity index is 1200. The zero-order valence-electron chi connectivity index (χ0n) is 16.8. The molecule has 0 radical (unpaired) electrons. The third kappa shape index (κ3) is 5.25. The molecule has 1 saturated carbocycles. The Morgan fingerprint density at radius 2 is 2.13 bits per heavy atom. The van der Waals surface area contributed by atoms with E-state index in [0.29, 0.717) is 34.6 Å². The lowest BCUT2D eigenvalue weighted by atomic mass is 10.2. The van der Waals surface area contributed by atoms with Crippen molar-refractivity contribution in [1.29, 1.82) is 0 Å². The van der Waals surface area contributed by atoms with Crippen molar-refractivity contribution in [1.82, 2.24) is 19.7 Å². The van der Waals surface area contributed by atoms with E-state index >= 15 is 0 Å². The molecule has 1 aliphatic rings. The molecule has 0 unspecified atom stereocenters. The predicted octanol–water partition coefficient (Wildman–Crippen LogP) is 3.72. The van der Waals surface area contributed by atoms with Crippen molar-refractivity contribution >= 4 is 34.7 Å². The lowest BCUT2D eigenvalue weighted by Crippen LogP contribution is -2.08. The molecule has 156 valence electrons. The van der Waals surface area contributed by atoms with E-state index in [9.17, 15) is 9.18 Å². The number of aryl methyl sites for hydroxylation is 1. The lowest BCUT2D eigenvalue weighted by Gasteiger charge is -2.12. The van der Waals surface area contributed by atoms with E-state index in [-0.39, 0.29) is 5.69 Å². The summed E-state index contributed by atoms with van der Waals surface area (Å²) < 4.78 is 16.1. The summed E-state index contributed by atoms with van der Waals surface area (Å²) in [6.07, 6.45) is 8.31. The maximum Gasteiger partial charge on any atom is 0.247 e. The first-order chi connectivity index (χ1) is 15.0. The number of hydrogen-bond donors (Lipinski definition) is 3. The summed E-state index contributed by atoms with van der Waals surface area (Å²) in [5.41, 5.74) is 1.82. The summed E-state index contributed by atoms with van der Waals surface area (Å²) in [6, 6.07) is 4.20. The molecular formula is C22H20FN7O. The van der Waals surface area contributed by atoms with Crippen molar-refractivity contribution in [3.8, 4) is 11.8 Å². The van der Waals surface area contributed by atoms with Gasteiger partial charge in [0.2, 0.25) is 11.9 Å². The van der Waals surface area contributed by atoms with Crippen molar-refractivity contribution < 1.29 is 9.18 Å². The maximum atomic E-state index is 14.5. The molecule has 0 saturated heterocycles. The Morgan fingerprint density at radius 1 is 1.29 bits per heavy atom. The highest BCUT2D eigenvalue weighted by Gasteiger charge is 2.18. The third-order valence-corrected chi connectivity index (χ3v) is 4.41. The largest absolute Gasteiger partial charge is 0.337 e. The van der Waals surface area contributed by atoms with Gasteiger partial charge in [0, 0.05) is 24.8 Å². The fraction of sp³-hybridized carbons (Fsp3) is 0.182. The van der Waals surface area contributed by atoms with Crippen LogP contribution in [0.2, 0.25) is 0 Å². The molecule has 0 aliphatic heterocycles. The molecular weight excluding hydrogens is 397 g/mol. The molecule has 2 aromatic heterocycles. The van der Waals surface area contributed by atoms with Crippen molar-refractivity contribution in [2.24, 2.45) is 13.0 Å². The molecule has 1 aliphatic carbocycles. The first kappa shape index (κ1) is 20.1. The van der Waals surface area contributed by atoms with E-state index in [4.69, 9.17) is 0 Å². The number of nitrogens with one attached hydrogen (secondary N) is 3. The van der Waals surface area contributed by atoms with Crippen LogP contribution in [0, 0.1) is 23.6 Å². The number of amides is 1. The van der Waals surface area contributed by atoms with Crippen LogP contribution in [-0.2, 0) is 11.8 Å². The SMILES string of the molecule is C=CC(=O)Nc1ccc(F)c(Nc2nc(Nc3cnn(C)c3)ncc2C#CC2CC2)c1. The highest BCUT2D eigenvalue weighted by molar-refractivity contribution is 5.99. The molecule has 0 bridgehead atoms. The fourth-order valence-electron chi connectivity index (χ4n) is 2.67. The second-order valence-corrected chi connectivity index (χ2v) is 7.04. The topological polar surface area (TPSA) is 96.8 Å². The maximum absolute atomic E-state index is 14.5. The molecule has 2 heterocycles. The second kappa shape index (κ2) is 8.67. The fourth-order valence-corrected chi connectivity index (χ4v) is 2.67. The van der Waals surface area contributed by atoms with Crippen LogP contribution in [0.25, 0.3) is 0 Å². The Hall–Kier alpha value is -4.19. The van der Waals surface area contributed by atoms with Crippen molar-refractivity contribution in [2.75, 3.05) is 16.0 Å². The van der Waals surface area contributed by atoms with E-state index in [1.165, 1.54) is 18.2 Å². The minimum atomic E-state index is -0.502. The van der Waals surface area contributed by atoms with Gasteiger partial charge in [-0.3, -0.25) is 9.48 Å². The summed E-state index contributed by atoms with van der Waals surface area (Å²) in [5, 5.41) is 12.7. The van der Waals surface area contributed by atoms with Crippen LogP contribution in [0.3, 0.4) is 0 Å². The van der Waals surface area contributed by atoms with Gasteiger partial charge < -0.3 is 16.0 Å². The first-order valence-corrected chi connectivity index (χ1v) is 9.64. The van der Waals surface area contributed by atoms with Gasteiger partial charge in [0.05, 0.1) is 29.3 Å². The van der Waals surface area contributed by atoms with E-state index in [1.54, 1.807) is 30.3 Å². The minimum Gasteiger partial charge on any atom is -0.337 e. The van der Waals surface area contributed by atoms with Gasteiger partial charge >= 0.3 is 0 Å². The number of benzene rings is 1. The van der Waals surface area contributed by atoms with Gasteiger partial charge in [-0.25, -0.2) is 9.37 Å². The normalized spacial score (nSPS) is 12.5. The van der Waals surface area contributed by atoms with E-state index in [2.05, 4.69) is 49.4 Å². The highest BCUT2D eigenvalue weighted by Crippen LogP contribution is 2.29. The Labute approximate surface area is 178 Å². The Balaban J connectivity index is 1.65. The molecule has 1 aromatic carbocycles. The van der Waals surface area contributed by atoms with Crippen LogP contribution < -0.4 is 16.0 Å². The molecule has 3 N–H and O–H groups in total. The average Bonchev–Trinajstić information content (AvgIpc) is 3.50. The number of rotatable bonds is 6. The lowest BCUT2D eigenvalue weighted by molar-refractivity contribution is -0.111. The van der Waals surface area contributed by atoms with E-state index in [1.807, 2.05) is 0 Å². The Kier molecular flexibility index (Phi) is 5.62. The monoisotopic (exact) mass is 417 g/mol. The summed E-state index contributed by atoms with van der Waals surface area (Å²) in [7, 11) is 1.80. The molecule has 9 heteroatoms. The van der Waals surface area contributed by atoms with Gasteiger partial charge in [0.1, 0.15) is 5.82 Å². The average molecular weight is 417 g/mol. The van der Waals surface area contributed by atoms with Gasteiger partial charge in [-0.2, -0.15) is 10.1 Å². The summed E-state index contributed by atoms with van der Waals surface area (Å²) in [5.74, 6) is 6.39. The first-order valence-electron chi connectivity index (χ1n) is 9.64. The summed E-state index contributed by atoms with van der Waals surface area (Å²) >= 11 is 0. The number of aromatic nitrogens is 4. The van der Waals surface area contributed by atoms with Crippen LogP contribution in [0.5, 0.6) is 0 Å². The molecule has 8 nitrogen and oxygen atoms in total. The van der Waals surface area contributed by atoms with E-state index in [0.717, 1.165) is 18.9 Å². The molecule has 1 amide bonds. The number of carbonyl (C=O) groups is 1. The van der Waals surface area contributed by atoms with Crippen molar-refractivity contribution in [3.63, 3.8) is 0 Å². The number of nitrogens with zero attached hydrogens (tertiary/aromatic N) is 4. The van der Waals surface area contributed by atoms with Crippen molar-refractivity contribution in [2.45, 2.75) is 12.8 Å². The molecule has 4 rings (SSSR count). The minimum absolute atomic E-state index is 0.141. The van der Waals surface area contributed by atoms with Crippen molar-refractivity contribution in [3.05, 3.63) is 60.8 Å². The quantitative estimate of drug-likeness (QED) is 0.418. The summed E-state index contributed by atoms with van der Waals surface area (Å²) in [6.45, 7) is 3.41. The number of anilines is 5. The van der Waals surface area contributed by atoms with Gasteiger partial charge in [-0.15, -0.1) is 0 Å². The van der Waals surface area contributed by atoms with Crippen LogP contribution >= 0.6 is 0 Å². The van der Waals surface area contributed by atoms with E-state index < -0.39 is 11.7 Å². The number of carbonyl (C=O) groups excluding carboxylic acids is 1. The molecule has 0 spiro atoms. The number of hydrogen-bond acceptors (Lipinski definition) is 6. The zero-order chi connectivity index (χ0) is 21.8. The van der Waals surface area contributed by atoms with Gasteiger partial charge in [0.15, 0.2) is 5.82 Å². The number of halogens is 1. The third-order valence-electron chi connectivity index (χ3n) is 4.41. The van der Waals surface area contributed by atoms with Crippen LogP contribution in [0.15, 0.2) is 49.4 Å². The van der Waals surface area contributed by atoms with Gasteiger partial charge in [-0.1, -0.05) is 18.4 Å². The molecule has 3 aromatic rings. The standard InChI is InChI=1S/C22H20FN7O/c1-3-20(31)26-16-8-9-18(23)19(10-16)28-21-15(7-6-14-4-5-14)11-24-22(29-21)27-17-12-25-30(2)13-17/h3,8-14H,1,4-5H2,2H3,(H,26,31)(H2,24,27,28,29). The van der Waals surface area contributed by atoms with Crippen LogP contribution in [-0.4, -0.2) is 25.7 Å². The zero-order valence-corrected chi connectivity index (χ0v) is 16.8. The highest BCUT2D eigenvalue weighted by atomic mass is 19.1. The second-order valence-electron chi connectivity index (χ2n) is 7.04. The Morgan fingerprint density at radius 3 is 2.84 bits per heavy atom. The molecule has 0 atom stereocenters. The van der Waals surface area contributed by atoms with Gasteiger partial charge in [-0.05, 0) is 37.1 Å². The molecule has 1 fully saturated rings. The molecule has 31 heavy (non-hydrogen) atoms. The van der Waals surface area contributed by atoms with Crippen LogP contribution in [0.1, 0.15) is 18.4 Å². The smallest absolute Gasteiger partial charge is 0.247 e.